The van der Waals surface area contributed by atoms with Gasteiger partial charge in [-0.25, -0.2) is 5.43 Å². The molecule has 1 amide bonds. The molecule has 0 fully saturated rings. The van der Waals surface area contributed by atoms with Gasteiger partial charge in [-0.05, 0) is 11.1 Å². The quantitative estimate of drug-likeness (QED) is 0.392. The van der Waals surface area contributed by atoms with Crippen LogP contribution < -0.4 is 5.43 Å². The fourth-order valence-electron chi connectivity index (χ4n) is 2.75. The van der Waals surface area contributed by atoms with Crippen LogP contribution in [0.4, 0.5) is 5.69 Å². The minimum atomic E-state index is -1.94. The molecule has 0 aromatic heterocycles. The van der Waals surface area contributed by atoms with Crippen LogP contribution in [0.2, 0.25) is 0 Å². The first-order valence-electron chi connectivity index (χ1n) is 8.43. The largest absolute Gasteiger partial charge is 0.372 e. The third kappa shape index (κ3) is 3.94. The van der Waals surface area contributed by atoms with E-state index in [1.165, 1.54) is 24.4 Å². The van der Waals surface area contributed by atoms with E-state index in [2.05, 4.69) is 10.5 Å². The highest BCUT2D eigenvalue weighted by molar-refractivity contribution is 5.91. The van der Waals surface area contributed by atoms with Crippen molar-refractivity contribution in [3.8, 4) is 0 Å². The Morgan fingerprint density at radius 2 is 1.54 bits per heavy atom. The molecular formula is C21H17N3O4. The van der Waals surface area contributed by atoms with Crippen molar-refractivity contribution in [3.05, 3.63) is 112 Å². The molecule has 0 unspecified atom stereocenters. The zero-order chi connectivity index (χ0) is 20.0. The molecule has 0 aliphatic heterocycles. The maximum absolute atomic E-state index is 12.8. The number of nitrogens with zero attached hydrogens (tertiary/aromatic N) is 2. The van der Waals surface area contributed by atoms with E-state index in [1.54, 1.807) is 66.7 Å². The molecule has 2 N–H and O–H groups in total. The van der Waals surface area contributed by atoms with Gasteiger partial charge >= 0.3 is 0 Å². The maximum atomic E-state index is 12.8. The normalized spacial score (nSPS) is 11.3. The number of non-ortho nitro benzene ring substituents is 1. The predicted octanol–water partition coefficient (Wildman–Crippen LogP) is 2.98. The van der Waals surface area contributed by atoms with E-state index in [0.29, 0.717) is 16.7 Å². The molecule has 0 aliphatic rings. The highest BCUT2D eigenvalue weighted by Gasteiger charge is 2.39. The molecule has 0 spiro atoms. The molecule has 7 heteroatoms. The number of carbonyl (C=O) groups is 1. The molecule has 0 heterocycles. The molecule has 28 heavy (non-hydrogen) atoms. The second-order valence-electron chi connectivity index (χ2n) is 5.99. The van der Waals surface area contributed by atoms with Crippen LogP contribution in [-0.2, 0) is 10.4 Å². The van der Waals surface area contributed by atoms with Crippen molar-refractivity contribution in [2.45, 2.75) is 5.60 Å². The molecular weight excluding hydrogens is 358 g/mol. The number of hydrogen-bond donors (Lipinski definition) is 2. The lowest BCUT2D eigenvalue weighted by Gasteiger charge is -2.27. The molecule has 0 bridgehead atoms. The van der Waals surface area contributed by atoms with E-state index in [-0.39, 0.29) is 5.69 Å². The lowest BCUT2D eigenvalue weighted by molar-refractivity contribution is -0.384. The molecule has 0 atom stereocenters. The number of amides is 1. The van der Waals surface area contributed by atoms with Crippen LogP contribution in [0.3, 0.4) is 0 Å². The Balaban J connectivity index is 1.87. The Bertz CT molecular complexity index is 965. The summed E-state index contributed by atoms with van der Waals surface area (Å²) in [5.74, 6) is -0.744. The van der Waals surface area contributed by atoms with Gasteiger partial charge in [-0.15, -0.1) is 0 Å². The molecule has 0 saturated heterocycles. The van der Waals surface area contributed by atoms with Crippen LogP contribution in [0.25, 0.3) is 0 Å². The predicted molar refractivity (Wildman–Crippen MR) is 105 cm³/mol. The molecule has 0 aliphatic carbocycles. The number of nitro groups is 1. The summed E-state index contributed by atoms with van der Waals surface area (Å²) in [6.45, 7) is 0. The third-order valence-electron chi connectivity index (χ3n) is 4.17. The number of aliphatic hydroxyl groups is 1. The van der Waals surface area contributed by atoms with Gasteiger partial charge in [-0.2, -0.15) is 5.10 Å². The number of carbonyl (C=O) groups excluding carboxylic acids is 1. The maximum Gasteiger partial charge on any atom is 0.281 e. The van der Waals surface area contributed by atoms with Crippen molar-refractivity contribution in [1.29, 1.82) is 0 Å². The summed E-state index contributed by atoms with van der Waals surface area (Å²) in [7, 11) is 0. The number of benzene rings is 3. The van der Waals surface area contributed by atoms with Gasteiger partial charge in [-0.1, -0.05) is 72.8 Å². The minimum Gasteiger partial charge on any atom is -0.372 e. The summed E-state index contributed by atoms with van der Waals surface area (Å²) in [6.07, 6.45) is 1.28. The zero-order valence-electron chi connectivity index (χ0n) is 14.7. The molecule has 140 valence electrons. The topological polar surface area (TPSA) is 105 Å². The van der Waals surface area contributed by atoms with Gasteiger partial charge in [0, 0.05) is 17.7 Å². The van der Waals surface area contributed by atoms with Gasteiger partial charge in [0.25, 0.3) is 11.6 Å². The third-order valence-corrected chi connectivity index (χ3v) is 4.17. The number of hydrogen-bond acceptors (Lipinski definition) is 5. The van der Waals surface area contributed by atoms with Crippen molar-refractivity contribution in [2.75, 3.05) is 0 Å². The summed E-state index contributed by atoms with van der Waals surface area (Å²) in [4.78, 5) is 23.2. The van der Waals surface area contributed by atoms with Gasteiger partial charge in [0.05, 0.1) is 11.1 Å². The standard InChI is InChI=1S/C21H17N3O4/c25-20(23-22-15-16-8-7-13-19(14-16)24(27)28)21(26,17-9-3-1-4-10-17)18-11-5-2-6-12-18/h1-15,26H,(H,23,25)/b22-15+. The van der Waals surface area contributed by atoms with Crippen molar-refractivity contribution < 1.29 is 14.8 Å². The van der Waals surface area contributed by atoms with Gasteiger partial charge < -0.3 is 5.11 Å². The summed E-state index contributed by atoms with van der Waals surface area (Å²) in [5, 5.41) is 26.0. The fourth-order valence-corrected chi connectivity index (χ4v) is 2.75. The van der Waals surface area contributed by atoms with Crippen molar-refractivity contribution >= 4 is 17.8 Å². The summed E-state index contributed by atoms with van der Waals surface area (Å²) in [5.41, 5.74) is 1.53. The average molecular weight is 375 g/mol. The number of nitrogens with one attached hydrogen (secondary N) is 1. The van der Waals surface area contributed by atoms with Gasteiger partial charge in [0.15, 0.2) is 5.60 Å². The van der Waals surface area contributed by atoms with Crippen molar-refractivity contribution in [2.24, 2.45) is 5.10 Å². The first-order chi connectivity index (χ1) is 13.5. The lowest BCUT2D eigenvalue weighted by atomic mass is 9.85. The second kappa shape index (κ2) is 8.24. The van der Waals surface area contributed by atoms with E-state index < -0.39 is 16.4 Å². The summed E-state index contributed by atoms with van der Waals surface area (Å²) >= 11 is 0. The zero-order valence-corrected chi connectivity index (χ0v) is 14.7. The van der Waals surface area contributed by atoms with Crippen molar-refractivity contribution in [1.82, 2.24) is 5.43 Å². The molecule has 3 aromatic rings. The SMILES string of the molecule is O=C(N/N=C/c1cccc([N+](=O)[O-])c1)C(O)(c1ccccc1)c1ccccc1. The van der Waals surface area contributed by atoms with Gasteiger partial charge in [-0.3, -0.25) is 14.9 Å². The van der Waals surface area contributed by atoms with Crippen molar-refractivity contribution in [3.63, 3.8) is 0 Å². The smallest absolute Gasteiger partial charge is 0.281 e. The Kier molecular flexibility index (Phi) is 5.57. The summed E-state index contributed by atoms with van der Waals surface area (Å²) < 4.78 is 0. The fraction of sp³-hybridized carbons (Fsp3) is 0.0476. The number of hydrazone groups is 1. The van der Waals surface area contributed by atoms with E-state index in [0.717, 1.165) is 0 Å². The van der Waals surface area contributed by atoms with Crippen LogP contribution >= 0.6 is 0 Å². The summed E-state index contributed by atoms with van der Waals surface area (Å²) in [6, 6.07) is 22.9. The van der Waals surface area contributed by atoms with Crippen LogP contribution in [0.15, 0.2) is 90.0 Å². The minimum absolute atomic E-state index is 0.0830. The molecule has 7 nitrogen and oxygen atoms in total. The number of nitro benzene ring substituents is 1. The van der Waals surface area contributed by atoms with Crippen LogP contribution in [0, 0.1) is 10.1 Å². The Labute approximate surface area is 161 Å². The second-order valence-corrected chi connectivity index (χ2v) is 5.99. The van der Waals surface area contributed by atoms with E-state index in [9.17, 15) is 20.0 Å². The van der Waals surface area contributed by atoms with Crippen LogP contribution in [0.5, 0.6) is 0 Å². The Morgan fingerprint density at radius 3 is 2.07 bits per heavy atom. The Morgan fingerprint density at radius 1 is 0.964 bits per heavy atom. The van der Waals surface area contributed by atoms with E-state index >= 15 is 0 Å². The molecule has 0 saturated carbocycles. The van der Waals surface area contributed by atoms with E-state index in [1.807, 2.05) is 0 Å². The van der Waals surface area contributed by atoms with E-state index in [4.69, 9.17) is 0 Å². The monoisotopic (exact) mass is 375 g/mol. The van der Waals surface area contributed by atoms with Crippen LogP contribution in [-0.4, -0.2) is 22.2 Å². The molecule has 3 aromatic carbocycles. The first-order valence-corrected chi connectivity index (χ1v) is 8.43. The Hall–Kier alpha value is -3.84. The molecule has 3 rings (SSSR count). The molecule has 0 radical (unpaired) electrons. The average Bonchev–Trinajstić information content (AvgIpc) is 2.74. The highest BCUT2D eigenvalue weighted by Crippen LogP contribution is 2.29. The lowest BCUT2D eigenvalue weighted by Crippen LogP contribution is -2.43. The first kappa shape index (κ1) is 18.9. The van der Waals surface area contributed by atoms with Crippen LogP contribution in [0.1, 0.15) is 16.7 Å². The number of rotatable bonds is 6. The highest BCUT2D eigenvalue weighted by atomic mass is 16.6. The van der Waals surface area contributed by atoms with Gasteiger partial charge in [0.2, 0.25) is 0 Å². The van der Waals surface area contributed by atoms with Gasteiger partial charge in [0.1, 0.15) is 0 Å².